The number of carbonyl (C=O) groups excluding carboxylic acids is 1. The first-order valence-electron chi connectivity index (χ1n) is 26.7. The number of rotatable bonds is 58. The van der Waals surface area contributed by atoms with Crippen molar-refractivity contribution < 1.29 is 52.2 Å². The zero-order valence-electron chi connectivity index (χ0n) is 41.6. The Morgan fingerprint density at radius 2 is 0.413 bits per heavy atom. The van der Waals surface area contributed by atoms with Crippen molar-refractivity contribution >= 4 is 5.97 Å². The first-order chi connectivity index (χ1) is 31.3. The van der Waals surface area contributed by atoms with Gasteiger partial charge in [-0.1, -0.05) is 187 Å². The second-order valence-corrected chi connectivity index (χ2v) is 17.0. The molecule has 378 valence electrons. The molecule has 0 unspecified atom stereocenters. The quantitative estimate of drug-likeness (QED) is 0.0430. The summed E-state index contributed by atoms with van der Waals surface area (Å²) in [7, 11) is 0. The third-order valence-corrected chi connectivity index (χ3v) is 11.1. The molecule has 0 fully saturated rings. The van der Waals surface area contributed by atoms with Crippen molar-refractivity contribution in [2.24, 2.45) is 0 Å². The third kappa shape index (κ3) is 59.1. The summed E-state index contributed by atoms with van der Waals surface area (Å²) < 4.78 is 55.3. The Hall–Kier alpha value is -0.890. The van der Waals surface area contributed by atoms with E-state index in [4.69, 9.17) is 47.4 Å². The number of hydrogen-bond acceptors (Lipinski definition) is 11. The van der Waals surface area contributed by atoms with Gasteiger partial charge < -0.3 is 47.4 Å². The van der Waals surface area contributed by atoms with Crippen LogP contribution >= 0.6 is 0 Å². The van der Waals surface area contributed by atoms with E-state index >= 15 is 0 Å². The van der Waals surface area contributed by atoms with Crippen LogP contribution in [0.2, 0.25) is 0 Å². The molecule has 0 rings (SSSR count). The van der Waals surface area contributed by atoms with Crippen molar-refractivity contribution in [2.45, 2.75) is 206 Å². The SMILES string of the molecule is CCCCCCCCCCCCCCCCCC(=O)OCCOCCOCCOCCOCCOCCOCCOCCOCCOCCCCCCCCCCCCCCCC. The first-order valence-corrected chi connectivity index (χ1v) is 26.7. The minimum absolute atomic E-state index is 0.125. The molecule has 0 aromatic rings. The van der Waals surface area contributed by atoms with Gasteiger partial charge in [0.15, 0.2) is 0 Å². The Balaban J connectivity index is 3.12. The molecule has 0 aliphatic carbocycles. The van der Waals surface area contributed by atoms with Gasteiger partial charge in [-0.05, 0) is 12.8 Å². The van der Waals surface area contributed by atoms with E-state index in [0.29, 0.717) is 125 Å². The third-order valence-electron chi connectivity index (χ3n) is 11.1. The second-order valence-electron chi connectivity index (χ2n) is 17.0. The number of esters is 1. The van der Waals surface area contributed by atoms with Gasteiger partial charge in [-0.25, -0.2) is 0 Å². The highest BCUT2D eigenvalue weighted by atomic mass is 16.6. The van der Waals surface area contributed by atoms with Gasteiger partial charge >= 0.3 is 5.97 Å². The Morgan fingerprint density at radius 1 is 0.222 bits per heavy atom. The van der Waals surface area contributed by atoms with Gasteiger partial charge in [-0.15, -0.1) is 0 Å². The van der Waals surface area contributed by atoms with Crippen LogP contribution in [0.15, 0.2) is 0 Å². The predicted octanol–water partition coefficient (Wildman–Crippen LogP) is 12.4. The smallest absolute Gasteiger partial charge is 0.305 e. The maximum Gasteiger partial charge on any atom is 0.305 e. The average molecular weight is 905 g/mol. The molecule has 0 aliphatic rings. The maximum absolute atomic E-state index is 11.9. The molecule has 0 amide bonds. The summed E-state index contributed by atoms with van der Waals surface area (Å²) in [6.45, 7) is 14.6. The standard InChI is InChI=1S/C52H104O11/c1-3-5-7-9-11-13-15-17-19-20-22-24-26-28-30-32-52(53)63-51-50-62-49-48-61-47-46-60-45-44-59-43-42-58-41-40-57-39-38-56-37-36-55-35-34-54-33-31-29-27-25-23-21-18-16-14-12-10-8-6-4-2/h3-51H2,1-2H3. The molecule has 0 aliphatic heterocycles. The Kier molecular flexibility index (Phi) is 58.3. The first kappa shape index (κ1) is 62.1. The molecule has 0 heterocycles. The summed E-state index contributed by atoms with van der Waals surface area (Å²) in [5, 5.41) is 0. The van der Waals surface area contributed by atoms with E-state index in [1.807, 2.05) is 0 Å². The van der Waals surface area contributed by atoms with Gasteiger partial charge in [-0.3, -0.25) is 4.79 Å². The summed E-state index contributed by atoms with van der Waals surface area (Å²) in [6.07, 6.45) is 39.5. The van der Waals surface area contributed by atoms with E-state index < -0.39 is 0 Å². The number of unbranched alkanes of at least 4 members (excludes halogenated alkanes) is 27. The molecule has 63 heavy (non-hydrogen) atoms. The van der Waals surface area contributed by atoms with Gasteiger partial charge in [0.2, 0.25) is 0 Å². The minimum atomic E-state index is -0.125. The minimum Gasteiger partial charge on any atom is -0.463 e. The number of carbonyl (C=O) groups is 1. The topological polar surface area (TPSA) is 109 Å². The van der Waals surface area contributed by atoms with E-state index in [1.165, 1.54) is 167 Å². The largest absolute Gasteiger partial charge is 0.463 e. The maximum atomic E-state index is 11.9. The van der Waals surface area contributed by atoms with Gasteiger partial charge in [0.05, 0.1) is 112 Å². The zero-order chi connectivity index (χ0) is 45.3. The van der Waals surface area contributed by atoms with Crippen molar-refractivity contribution in [3.05, 3.63) is 0 Å². The lowest BCUT2D eigenvalue weighted by atomic mass is 10.0. The summed E-state index contributed by atoms with van der Waals surface area (Å²) >= 11 is 0. The van der Waals surface area contributed by atoms with Crippen LogP contribution in [0.4, 0.5) is 0 Å². The lowest BCUT2D eigenvalue weighted by molar-refractivity contribution is -0.145. The van der Waals surface area contributed by atoms with Crippen LogP contribution in [0.1, 0.15) is 206 Å². The molecule has 0 radical (unpaired) electrons. The normalized spacial score (nSPS) is 11.6. The lowest BCUT2D eigenvalue weighted by Crippen LogP contribution is -2.15. The van der Waals surface area contributed by atoms with Crippen LogP contribution < -0.4 is 0 Å². The predicted molar refractivity (Wildman–Crippen MR) is 258 cm³/mol. The molecule has 0 saturated heterocycles. The Labute approximate surface area is 389 Å². The summed E-state index contributed by atoms with van der Waals surface area (Å²) in [6, 6.07) is 0. The van der Waals surface area contributed by atoms with E-state index in [9.17, 15) is 4.79 Å². The fraction of sp³-hybridized carbons (Fsp3) is 0.981. The summed E-state index contributed by atoms with van der Waals surface area (Å²) in [5.41, 5.74) is 0. The highest BCUT2D eigenvalue weighted by molar-refractivity contribution is 5.69. The highest BCUT2D eigenvalue weighted by Crippen LogP contribution is 2.15. The molecule has 0 atom stereocenters. The molecular weight excluding hydrogens is 801 g/mol. The zero-order valence-corrected chi connectivity index (χ0v) is 41.6. The molecular formula is C52H104O11. The van der Waals surface area contributed by atoms with Crippen molar-refractivity contribution in [3.8, 4) is 0 Å². The van der Waals surface area contributed by atoms with Crippen LogP contribution in [-0.2, 0) is 52.2 Å². The van der Waals surface area contributed by atoms with Gasteiger partial charge in [0, 0.05) is 13.0 Å². The van der Waals surface area contributed by atoms with Crippen LogP contribution in [0, 0.1) is 0 Å². The molecule has 0 bridgehead atoms. The monoisotopic (exact) mass is 905 g/mol. The van der Waals surface area contributed by atoms with Gasteiger partial charge in [0.25, 0.3) is 0 Å². The molecule has 0 spiro atoms. The molecule has 11 nitrogen and oxygen atoms in total. The summed E-state index contributed by atoms with van der Waals surface area (Å²) in [4.78, 5) is 11.9. The van der Waals surface area contributed by atoms with Crippen molar-refractivity contribution in [2.75, 3.05) is 126 Å². The van der Waals surface area contributed by atoms with Crippen LogP contribution in [0.5, 0.6) is 0 Å². The van der Waals surface area contributed by atoms with Crippen LogP contribution in [0.3, 0.4) is 0 Å². The van der Waals surface area contributed by atoms with E-state index in [0.717, 1.165) is 25.9 Å². The molecule has 0 N–H and O–H groups in total. The van der Waals surface area contributed by atoms with Crippen LogP contribution in [0.25, 0.3) is 0 Å². The average Bonchev–Trinajstić information content (AvgIpc) is 3.29. The van der Waals surface area contributed by atoms with Crippen LogP contribution in [-0.4, -0.2) is 132 Å². The second kappa shape index (κ2) is 59.1. The number of ether oxygens (including phenoxy) is 10. The van der Waals surface area contributed by atoms with Crippen molar-refractivity contribution in [1.82, 2.24) is 0 Å². The van der Waals surface area contributed by atoms with Gasteiger partial charge in [-0.2, -0.15) is 0 Å². The molecule has 0 aromatic heterocycles. The van der Waals surface area contributed by atoms with Crippen molar-refractivity contribution in [3.63, 3.8) is 0 Å². The lowest BCUT2D eigenvalue weighted by Gasteiger charge is -2.09. The molecule has 0 saturated carbocycles. The van der Waals surface area contributed by atoms with Crippen molar-refractivity contribution in [1.29, 1.82) is 0 Å². The van der Waals surface area contributed by atoms with E-state index in [2.05, 4.69) is 13.8 Å². The Morgan fingerprint density at radius 3 is 0.667 bits per heavy atom. The molecule has 0 aromatic carbocycles. The summed E-state index contributed by atoms with van der Waals surface area (Å²) in [5.74, 6) is -0.125. The Bertz CT molecular complexity index is 821. The molecule has 11 heteroatoms. The van der Waals surface area contributed by atoms with E-state index in [1.54, 1.807) is 0 Å². The number of hydrogen-bond donors (Lipinski definition) is 0. The fourth-order valence-electron chi connectivity index (χ4n) is 7.19. The van der Waals surface area contributed by atoms with E-state index in [-0.39, 0.29) is 5.97 Å². The fourth-order valence-corrected chi connectivity index (χ4v) is 7.19. The highest BCUT2D eigenvalue weighted by Gasteiger charge is 2.03. The van der Waals surface area contributed by atoms with Gasteiger partial charge in [0.1, 0.15) is 6.61 Å².